The molecule has 1 heterocycles. The van der Waals surface area contributed by atoms with Crippen LogP contribution in [0.5, 0.6) is 0 Å². The smallest absolute Gasteiger partial charge is 0.232 e. The summed E-state index contributed by atoms with van der Waals surface area (Å²) in [5.41, 5.74) is 3.53. The van der Waals surface area contributed by atoms with Crippen molar-refractivity contribution in [3.8, 4) is 11.4 Å². The van der Waals surface area contributed by atoms with Gasteiger partial charge in [0.05, 0.1) is 6.61 Å². The second-order valence-electron chi connectivity index (χ2n) is 5.50. The van der Waals surface area contributed by atoms with Crippen molar-refractivity contribution in [2.45, 2.75) is 13.5 Å². The van der Waals surface area contributed by atoms with E-state index < -0.39 is 0 Å². The topological polar surface area (TPSA) is 83.0 Å². The second-order valence-corrected chi connectivity index (χ2v) is 5.93. The number of aryl methyl sites for hydroxylation is 1. The Kier molecular flexibility index (Phi) is 5.11. The van der Waals surface area contributed by atoms with E-state index in [4.69, 9.17) is 16.7 Å². The van der Waals surface area contributed by atoms with Crippen LogP contribution in [-0.2, 0) is 6.61 Å². The molecule has 0 spiro atoms. The first-order chi connectivity index (χ1) is 12.1. The zero-order valence-electron chi connectivity index (χ0n) is 13.9. The summed E-state index contributed by atoms with van der Waals surface area (Å²) in [5.74, 6) is 1.41. The van der Waals surface area contributed by atoms with Gasteiger partial charge in [-0.25, -0.2) is 0 Å². The third kappa shape index (κ3) is 4.04. The summed E-state index contributed by atoms with van der Waals surface area (Å²) < 4.78 is 0. The average Bonchev–Trinajstić information content (AvgIpc) is 2.64. The summed E-state index contributed by atoms with van der Waals surface area (Å²) in [6.45, 7) is 1.99. The molecule has 2 aromatic carbocycles. The van der Waals surface area contributed by atoms with Gasteiger partial charge in [0.1, 0.15) is 0 Å². The maximum absolute atomic E-state index is 9.12. The molecule has 0 radical (unpaired) electrons. The lowest BCUT2D eigenvalue weighted by Gasteiger charge is -2.11. The third-order valence-corrected chi connectivity index (χ3v) is 3.93. The molecule has 0 fully saturated rings. The molecule has 0 bridgehead atoms. The number of halogens is 1. The van der Waals surface area contributed by atoms with Crippen molar-refractivity contribution in [3.63, 3.8) is 0 Å². The van der Waals surface area contributed by atoms with Crippen molar-refractivity contribution in [1.82, 2.24) is 15.0 Å². The molecule has 0 aliphatic carbocycles. The molecule has 1 aromatic heterocycles. The van der Waals surface area contributed by atoms with E-state index in [0.29, 0.717) is 22.7 Å². The minimum Gasteiger partial charge on any atom is -0.392 e. The number of aromatic nitrogens is 3. The van der Waals surface area contributed by atoms with Gasteiger partial charge in [-0.1, -0.05) is 29.8 Å². The van der Waals surface area contributed by atoms with Crippen LogP contribution in [0.2, 0.25) is 5.02 Å². The van der Waals surface area contributed by atoms with Crippen molar-refractivity contribution in [2.24, 2.45) is 0 Å². The van der Waals surface area contributed by atoms with Gasteiger partial charge in [0, 0.05) is 23.3 Å². The lowest BCUT2D eigenvalue weighted by Crippen LogP contribution is -2.06. The Hall–Kier alpha value is -2.70. The molecule has 6 nitrogen and oxygen atoms in total. The molecule has 128 valence electrons. The van der Waals surface area contributed by atoms with Crippen LogP contribution in [0.15, 0.2) is 42.5 Å². The van der Waals surface area contributed by atoms with E-state index in [1.165, 1.54) is 0 Å². The summed E-state index contributed by atoms with van der Waals surface area (Å²) in [6.07, 6.45) is 0. The molecule has 7 heteroatoms. The quantitative estimate of drug-likeness (QED) is 0.646. The van der Waals surface area contributed by atoms with Gasteiger partial charge in [0.15, 0.2) is 5.82 Å². The largest absolute Gasteiger partial charge is 0.392 e. The number of nitrogens with zero attached hydrogens (tertiary/aromatic N) is 3. The summed E-state index contributed by atoms with van der Waals surface area (Å²) in [4.78, 5) is 13.3. The van der Waals surface area contributed by atoms with Crippen molar-refractivity contribution in [3.05, 3.63) is 58.6 Å². The molecule has 25 heavy (non-hydrogen) atoms. The fourth-order valence-corrected chi connectivity index (χ4v) is 2.49. The van der Waals surface area contributed by atoms with Gasteiger partial charge in [-0.15, -0.1) is 0 Å². The van der Waals surface area contributed by atoms with Gasteiger partial charge < -0.3 is 15.7 Å². The predicted octanol–water partition coefficient (Wildman–Crippen LogP) is 3.78. The molecule has 3 N–H and O–H groups in total. The molecular formula is C18H18ClN5O. The van der Waals surface area contributed by atoms with Crippen molar-refractivity contribution in [1.29, 1.82) is 0 Å². The van der Waals surface area contributed by atoms with E-state index in [1.807, 2.05) is 49.4 Å². The first kappa shape index (κ1) is 17.1. The number of hydrogen-bond donors (Lipinski definition) is 3. The van der Waals surface area contributed by atoms with Gasteiger partial charge in [-0.2, -0.15) is 15.0 Å². The number of aliphatic hydroxyl groups is 1. The molecule has 0 atom stereocenters. The second kappa shape index (κ2) is 7.46. The minimum absolute atomic E-state index is 0.00807. The summed E-state index contributed by atoms with van der Waals surface area (Å²) >= 11 is 6.12. The highest BCUT2D eigenvalue weighted by atomic mass is 35.5. The number of hydrogen-bond acceptors (Lipinski definition) is 6. The summed E-state index contributed by atoms with van der Waals surface area (Å²) in [6, 6.07) is 13.0. The number of nitrogens with one attached hydrogen (secondary N) is 2. The molecule has 3 rings (SSSR count). The molecule has 0 aliphatic rings. The Labute approximate surface area is 150 Å². The zero-order valence-corrected chi connectivity index (χ0v) is 14.7. The average molecular weight is 356 g/mol. The molecular weight excluding hydrogens is 338 g/mol. The van der Waals surface area contributed by atoms with Gasteiger partial charge in [-0.05, 0) is 42.3 Å². The molecule has 0 amide bonds. The molecule has 0 saturated carbocycles. The van der Waals surface area contributed by atoms with E-state index in [1.54, 1.807) is 7.05 Å². The Morgan fingerprint density at radius 1 is 1.00 bits per heavy atom. The van der Waals surface area contributed by atoms with Crippen molar-refractivity contribution in [2.75, 3.05) is 17.7 Å². The highest BCUT2D eigenvalue weighted by Crippen LogP contribution is 2.26. The number of benzene rings is 2. The van der Waals surface area contributed by atoms with E-state index in [9.17, 15) is 0 Å². The SMILES string of the molecule is CNc1nc(Nc2ccc(CO)cc2)nc(-c2cc(Cl)ccc2C)n1. The van der Waals surface area contributed by atoms with Crippen LogP contribution in [0.4, 0.5) is 17.6 Å². The van der Waals surface area contributed by atoms with Crippen LogP contribution in [-0.4, -0.2) is 27.1 Å². The molecule has 0 saturated heterocycles. The fourth-order valence-electron chi connectivity index (χ4n) is 2.32. The monoisotopic (exact) mass is 355 g/mol. The maximum atomic E-state index is 9.12. The van der Waals surface area contributed by atoms with Crippen LogP contribution in [0.3, 0.4) is 0 Å². The van der Waals surface area contributed by atoms with Crippen molar-refractivity contribution < 1.29 is 5.11 Å². The standard InChI is InChI=1S/C18H18ClN5O/c1-11-3-6-13(19)9-15(11)16-22-17(20-2)24-18(23-16)21-14-7-4-12(10-25)5-8-14/h3-9,25H,10H2,1-2H3,(H2,20,21,22,23,24). The summed E-state index contributed by atoms with van der Waals surface area (Å²) in [5, 5.41) is 15.9. The Morgan fingerprint density at radius 2 is 1.72 bits per heavy atom. The van der Waals surface area contributed by atoms with Crippen molar-refractivity contribution >= 4 is 29.2 Å². The van der Waals surface area contributed by atoms with Crippen LogP contribution in [0.25, 0.3) is 11.4 Å². The van der Waals surface area contributed by atoms with Gasteiger partial charge in [0.25, 0.3) is 0 Å². The first-order valence-electron chi connectivity index (χ1n) is 7.76. The van der Waals surface area contributed by atoms with Crippen LogP contribution in [0, 0.1) is 6.92 Å². The van der Waals surface area contributed by atoms with Gasteiger partial charge in [0.2, 0.25) is 11.9 Å². The Morgan fingerprint density at radius 3 is 2.40 bits per heavy atom. The minimum atomic E-state index is 0.00807. The van der Waals surface area contributed by atoms with Gasteiger partial charge >= 0.3 is 0 Å². The number of rotatable bonds is 5. The first-order valence-corrected chi connectivity index (χ1v) is 8.14. The van der Waals surface area contributed by atoms with E-state index in [0.717, 1.165) is 22.4 Å². The Bertz CT molecular complexity index is 883. The lowest BCUT2D eigenvalue weighted by atomic mass is 10.1. The number of aliphatic hydroxyl groups excluding tert-OH is 1. The molecule has 0 unspecified atom stereocenters. The van der Waals surface area contributed by atoms with E-state index in [-0.39, 0.29) is 6.61 Å². The van der Waals surface area contributed by atoms with Crippen LogP contribution < -0.4 is 10.6 Å². The number of anilines is 3. The third-order valence-electron chi connectivity index (χ3n) is 3.69. The highest BCUT2D eigenvalue weighted by Gasteiger charge is 2.11. The predicted molar refractivity (Wildman–Crippen MR) is 100 cm³/mol. The molecule has 3 aromatic rings. The zero-order chi connectivity index (χ0) is 17.8. The Balaban J connectivity index is 1.98. The summed E-state index contributed by atoms with van der Waals surface area (Å²) in [7, 11) is 1.75. The van der Waals surface area contributed by atoms with Gasteiger partial charge in [-0.3, -0.25) is 0 Å². The normalized spacial score (nSPS) is 10.6. The van der Waals surface area contributed by atoms with Crippen LogP contribution >= 0.6 is 11.6 Å². The highest BCUT2D eigenvalue weighted by molar-refractivity contribution is 6.30. The van der Waals surface area contributed by atoms with E-state index >= 15 is 0 Å². The maximum Gasteiger partial charge on any atom is 0.232 e. The molecule has 0 aliphatic heterocycles. The van der Waals surface area contributed by atoms with Crippen LogP contribution in [0.1, 0.15) is 11.1 Å². The fraction of sp³-hybridized carbons (Fsp3) is 0.167. The van der Waals surface area contributed by atoms with E-state index in [2.05, 4.69) is 25.6 Å². The lowest BCUT2D eigenvalue weighted by molar-refractivity contribution is 0.282.